The van der Waals surface area contributed by atoms with Gasteiger partial charge in [-0.1, -0.05) is 82.2 Å². The lowest BCUT2D eigenvalue weighted by Gasteiger charge is -2.18. The second kappa shape index (κ2) is 16.6. The maximum Gasteiger partial charge on any atom is 0.335 e. The van der Waals surface area contributed by atoms with E-state index in [2.05, 4.69) is 20.1 Å². The molecule has 0 amide bonds. The van der Waals surface area contributed by atoms with Gasteiger partial charge in [0.2, 0.25) is 0 Å². The third-order valence-electron chi connectivity index (χ3n) is 6.63. The number of aliphatic hydroxyl groups is 1. The molecule has 0 fully saturated rings. The Morgan fingerprint density at radius 2 is 1.49 bits per heavy atom. The van der Waals surface area contributed by atoms with Crippen LogP contribution >= 0.6 is 0 Å². The number of aliphatic hydroxyl groups excluding tert-OH is 1. The average Bonchev–Trinajstić information content (AvgIpc) is 2.93. The summed E-state index contributed by atoms with van der Waals surface area (Å²) in [6.45, 7) is 10.4. The third-order valence-corrected chi connectivity index (χ3v) is 6.63. The molecule has 0 saturated carbocycles. The molecular formula is C32H40F2O5. The molecule has 7 heteroatoms. The van der Waals surface area contributed by atoms with E-state index in [0.717, 1.165) is 37.7 Å². The molecule has 212 valence electrons. The molecule has 2 aromatic rings. The Morgan fingerprint density at radius 1 is 0.872 bits per heavy atom. The zero-order valence-corrected chi connectivity index (χ0v) is 23.1. The van der Waals surface area contributed by atoms with Gasteiger partial charge in [0.05, 0.1) is 25.4 Å². The number of hydrogen-bond donors (Lipinski definition) is 1. The molecular weight excluding hydrogens is 502 g/mol. The van der Waals surface area contributed by atoms with E-state index < -0.39 is 30.2 Å². The molecule has 0 radical (unpaired) electrons. The first-order valence-electron chi connectivity index (χ1n) is 13.5. The van der Waals surface area contributed by atoms with Gasteiger partial charge in [0.15, 0.2) is 11.6 Å². The fourth-order valence-corrected chi connectivity index (χ4v) is 4.21. The smallest absolute Gasteiger partial charge is 0.335 e. The summed E-state index contributed by atoms with van der Waals surface area (Å²) in [6.07, 6.45) is 6.60. The molecule has 0 spiro atoms. The Hall–Kier alpha value is -3.32. The van der Waals surface area contributed by atoms with Crippen molar-refractivity contribution in [1.29, 1.82) is 0 Å². The number of rotatable bonds is 17. The van der Waals surface area contributed by atoms with Gasteiger partial charge in [0, 0.05) is 11.1 Å². The number of benzene rings is 2. The summed E-state index contributed by atoms with van der Waals surface area (Å²) in [5.74, 6) is -2.97. The van der Waals surface area contributed by atoms with E-state index in [-0.39, 0.29) is 30.3 Å². The van der Waals surface area contributed by atoms with Crippen molar-refractivity contribution >= 4 is 11.9 Å². The van der Waals surface area contributed by atoms with Crippen LogP contribution in [0.5, 0.6) is 0 Å². The fraction of sp³-hybridized carbons (Fsp3) is 0.438. The number of unbranched alkanes of at least 4 members (excludes halogenated alkanes) is 4. The average molecular weight is 543 g/mol. The molecule has 39 heavy (non-hydrogen) atoms. The number of aryl methyl sites for hydroxylation is 1. The van der Waals surface area contributed by atoms with E-state index in [9.17, 15) is 18.4 Å². The van der Waals surface area contributed by atoms with Gasteiger partial charge in [-0.25, -0.2) is 18.4 Å². The summed E-state index contributed by atoms with van der Waals surface area (Å²) in [5.41, 5.74) is 2.26. The second-order valence-corrected chi connectivity index (χ2v) is 9.77. The van der Waals surface area contributed by atoms with Crippen molar-refractivity contribution in [2.45, 2.75) is 71.1 Å². The van der Waals surface area contributed by atoms with Crippen molar-refractivity contribution in [3.8, 4) is 11.1 Å². The normalized spacial score (nSPS) is 11.6. The zero-order chi connectivity index (χ0) is 28.8. The summed E-state index contributed by atoms with van der Waals surface area (Å²) in [4.78, 5) is 23.6. The molecule has 0 heterocycles. The SMILES string of the molecule is C=C(C)C(=O)OCCC(CCOC(=O)C(=C)CO)c1ccc(-c2ccc(CCCCCCC)c(F)c2F)cc1. The molecule has 0 saturated heterocycles. The van der Waals surface area contributed by atoms with Crippen molar-refractivity contribution < 1.29 is 33.0 Å². The van der Waals surface area contributed by atoms with Gasteiger partial charge in [-0.05, 0) is 55.2 Å². The molecule has 0 aliphatic carbocycles. The molecule has 0 aromatic heterocycles. The molecule has 5 nitrogen and oxygen atoms in total. The van der Waals surface area contributed by atoms with Crippen LogP contribution in [-0.2, 0) is 25.5 Å². The Bertz CT molecular complexity index is 1120. The van der Waals surface area contributed by atoms with Crippen molar-refractivity contribution in [3.63, 3.8) is 0 Å². The fourth-order valence-electron chi connectivity index (χ4n) is 4.21. The van der Waals surface area contributed by atoms with Crippen LogP contribution in [0.25, 0.3) is 11.1 Å². The van der Waals surface area contributed by atoms with E-state index in [1.165, 1.54) is 0 Å². The zero-order valence-electron chi connectivity index (χ0n) is 23.1. The van der Waals surface area contributed by atoms with Crippen LogP contribution in [-0.4, -0.2) is 36.9 Å². The van der Waals surface area contributed by atoms with Gasteiger partial charge < -0.3 is 14.6 Å². The summed E-state index contributed by atoms with van der Waals surface area (Å²) < 4.78 is 40.2. The highest BCUT2D eigenvalue weighted by Gasteiger charge is 2.18. The molecule has 0 aliphatic rings. The Morgan fingerprint density at radius 3 is 2.08 bits per heavy atom. The minimum atomic E-state index is -0.854. The number of esters is 2. The largest absolute Gasteiger partial charge is 0.462 e. The number of halogens is 2. The van der Waals surface area contributed by atoms with E-state index in [0.29, 0.717) is 36.0 Å². The van der Waals surface area contributed by atoms with Crippen LogP contribution < -0.4 is 0 Å². The maximum atomic E-state index is 15.0. The van der Waals surface area contributed by atoms with Crippen LogP contribution in [0.1, 0.15) is 75.8 Å². The van der Waals surface area contributed by atoms with E-state index in [1.807, 2.05) is 12.1 Å². The highest BCUT2D eigenvalue weighted by Crippen LogP contribution is 2.30. The molecule has 2 aromatic carbocycles. The van der Waals surface area contributed by atoms with Crippen LogP contribution in [0.15, 0.2) is 60.7 Å². The first-order chi connectivity index (χ1) is 18.7. The highest BCUT2D eigenvalue weighted by molar-refractivity contribution is 5.88. The molecule has 1 atom stereocenters. The Labute approximate surface area is 230 Å². The first kappa shape index (κ1) is 31.9. The third kappa shape index (κ3) is 10.1. The molecule has 1 unspecified atom stereocenters. The minimum Gasteiger partial charge on any atom is -0.462 e. The quantitative estimate of drug-likeness (QED) is 0.130. The number of ether oxygens (including phenoxy) is 2. The van der Waals surface area contributed by atoms with Gasteiger partial charge in [0.25, 0.3) is 0 Å². The monoisotopic (exact) mass is 542 g/mol. The maximum absolute atomic E-state index is 15.0. The first-order valence-corrected chi connectivity index (χ1v) is 13.5. The van der Waals surface area contributed by atoms with Crippen molar-refractivity contribution in [2.75, 3.05) is 19.8 Å². The lowest BCUT2D eigenvalue weighted by atomic mass is 9.91. The minimum absolute atomic E-state index is 0.0388. The van der Waals surface area contributed by atoms with Gasteiger partial charge in [-0.2, -0.15) is 0 Å². The summed E-state index contributed by atoms with van der Waals surface area (Å²) in [5, 5.41) is 9.04. The molecule has 2 rings (SSSR count). The van der Waals surface area contributed by atoms with E-state index in [1.54, 1.807) is 31.2 Å². The van der Waals surface area contributed by atoms with Crippen LogP contribution in [0.4, 0.5) is 8.78 Å². The summed E-state index contributed by atoms with van der Waals surface area (Å²) >= 11 is 0. The van der Waals surface area contributed by atoms with E-state index in [4.69, 9.17) is 14.6 Å². The summed E-state index contributed by atoms with van der Waals surface area (Å²) in [6, 6.07) is 10.4. The van der Waals surface area contributed by atoms with Gasteiger partial charge >= 0.3 is 11.9 Å². The van der Waals surface area contributed by atoms with Crippen molar-refractivity contribution in [1.82, 2.24) is 0 Å². The van der Waals surface area contributed by atoms with Crippen LogP contribution in [0, 0.1) is 11.6 Å². The highest BCUT2D eigenvalue weighted by atomic mass is 19.2. The number of carbonyl (C=O) groups is 2. The molecule has 0 aliphatic heterocycles. The lowest BCUT2D eigenvalue weighted by Crippen LogP contribution is -2.14. The van der Waals surface area contributed by atoms with Crippen molar-refractivity contribution in [2.24, 2.45) is 0 Å². The van der Waals surface area contributed by atoms with Crippen LogP contribution in [0.2, 0.25) is 0 Å². The lowest BCUT2D eigenvalue weighted by molar-refractivity contribution is -0.139. The Kier molecular flexibility index (Phi) is 13.6. The second-order valence-electron chi connectivity index (χ2n) is 9.77. The Balaban J connectivity index is 2.13. The van der Waals surface area contributed by atoms with Gasteiger partial charge in [-0.3, -0.25) is 0 Å². The van der Waals surface area contributed by atoms with Crippen LogP contribution in [0.3, 0.4) is 0 Å². The van der Waals surface area contributed by atoms with E-state index >= 15 is 0 Å². The topological polar surface area (TPSA) is 72.8 Å². The van der Waals surface area contributed by atoms with Gasteiger partial charge in [-0.15, -0.1) is 0 Å². The molecule has 1 N–H and O–H groups in total. The number of carbonyl (C=O) groups excluding carboxylic acids is 2. The standard InChI is InChI=1S/C32H40F2O5/c1-5-6-7-8-9-10-27-15-16-28(30(34)29(27)33)26-13-11-24(12-14-26)25(17-19-38-31(36)22(2)3)18-20-39-32(37)23(4)21-35/h11-16,25,35H,2,4-10,17-21H2,1,3H3. The molecule has 0 bridgehead atoms. The predicted octanol–water partition coefficient (Wildman–Crippen LogP) is 7.22. The van der Waals surface area contributed by atoms with Gasteiger partial charge in [0.1, 0.15) is 0 Å². The predicted molar refractivity (Wildman–Crippen MR) is 149 cm³/mol. The van der Waals surface area contributed by atoms with Crippen molar-refractivity contribution in [3.05, 3.63) is 83.5 Å². The summed E-state index contributed by atoms with van der Waals surface area (Å²) in [7, 11) is 0. The number of hydrogen-bond acceptors (Lipinski definition) is 5.